The minimum atomic E-state index is -5.13. The predicted octanol–water partition coefficient (Wildman–Crippen LogP) is 6.41. The SMILES string of the molecule is [CH2]C(Cc1ccc(C)c(C)c1)C(NC(=O)c1ccncc1)C(=O)c1cc(C(F)(F)F)cc(C(F)(F)F)c1. The number of carbonyl (C=O) groups is 2. The van der Waals surface area contributed by atoms with Crippen molar-refractivity contribution in [3.05, 3.63) is 107 Å². The summed E-state index contributed by atoms with van der Waals surface area (Å²) < 4.78 is 80.3. The molecule has 0 aliphatic rings. The van der Waals surface area contributed by atoms with E-state index >= 15 is 0 Å². The molecule has 0 spiro atoms. The highest BCUT2D eigenvalue weighted by Crippen LogP contribution is 2.37. The normalized spacial score (nSPS) is 13.6. The van der Waals surface area contributed by atoms with Gasteiger partial charge < -0.3 is 5.32 Å². The van der Waals surface area contributed by atoms with Gasteiger partial charge in [0.2, 0.25) is 0 Å². The van der Waals surface area contributed by atoms with E-state index in [4.69, 9.17) is 0 Å². The molecule has 0 saturated heterocycles. The summed E-state index contributed by atoms with van der Waals surface area (Å²) in [5, 5.41) is 2.45. The number of pyridine rings is 1. The van der Waals surface area contributed by atoms with Crippen molar-refractivity contribution in [3.8, 4) is 0 Å². The van der Waals surface area contributed by atoms with Crippen molar-refractivity contribution in [3.63, 3.8) is 0 Å². The third kappa shape index (κ3) is 6.96. The number of benzene rings is 2. The molecule has 3 rings (SSSR count). The van der Waals surface area contributed by atoms with Crippen molar-refractivity contribution in [1.82, 2.24) is 10.3 Å². The molecule has 195 valence electrons. The number of hydrogen-bond acceptors (Lipinski definition) is 3. The number of ketones is 1. The van der Waals surface area contributed by atoms with Gasteiger partial charge in [0.1, 0.15) is 0 Å². The minimum Gasteiger partial charge on any atom is -0.342 e. The van der Waals surface area contributed by atoms with Crippen LogP contribution in [0.5, 0.6) is 0 Å². The summed E-state index contributed by atoms with van der Waals surface area (Å²) in [6.07, 6.45) is -7.49. The first kappa shape index (κ1) is 27.9. The molecule has 2 unspecified atom stereocenters. The third-order valence-electron chi connectivity index (χ3n) is 5.92. The molecule has 2 atom stereocenters. The van der Waals surface area contributed by atoms with Gasteiger partial charge in [0.05, 0.1) is 17.2 Å². The largest absolute Gasteiger partial charge is 0.416 e. The molecule has 1 radical (unpaired) electrons. The van der Waals surface area contributed by atoms with E-state index < -0.39 is 52.7 Å². The molecule has 1 N–H and O–H groups in total. The number of halogens is 6. The van der Waals surface area contributed by atoms with Crippen molar-refractivity contribution >= 4 is 11.7 Å². The number of aryl methyl sites for hydroxylation is 2. The lowest BCUT2D eigenvalue weighted by atomic mass is 9.87. The van der Waals surface area contributed by atoms with Gasteiger partial charge >= 0.3 is 12.4 Å². The number of Topliss-reactive ketones (excluding diaryl/α,β-unsaturated/α-hetero) is 1. The number of nitrogens with one attached hydrogen (secondary N) is 1. The van der Waals surface area contributed by atoms with Crippen LogP contribution < -0.4 is 5.32 Å². The fourth-order valence-corrected chi connectivity index (χ4v) is 3.75. The number of hydrogen-bond donors (Lipinski definition) is 1. The molecular weight excluding hydrogens is 498 g/mol. The van der Waals surface area contributed by atoms with Crippen molar-refractivity contribution in [2.45, 2.75) is 38.7 Å². The lowest BCUT2D eigenvalue weighted by Gasteiger charge is -2.25. The maximum absolute atomic E-state index is 13.4. The molecule has 0 bridgehead atoms. The van der Waals surface area contributed by atoms with E-state index in [0.29, 0.717) is 12.1 Å². The maximum Gasteiger partial charge on any atom is 0.416 e. The van der Waals surface area contributed by atoms with Crippen LogP contribution in [0.3, 0.4) is 0 Å². The average molecular weight is 521 g/mol. The molecular formula is C27H23F6N2O2. The van der Waals surface area contributed by atoms with Crippen molar-refractivity contribution in [1.29, 1.82) is 0 Å². The third-order valence-corrected chi connectivity index (χ3v) is 5.92. The van der Waals surface area contributed by atoms with Crippen LogP contribution in [0.15, 0.2) is 60.9 Å². The topological polar surface area (TPSA) is 59.1 Å². The molecule has 2 aromatic carbocycles. The summed E-state index contributed by atoms with van der Waals surface area (Å²) >= 11 is 0. The Kier molecular flexibility index (Phi) is 8.09. The number of nitrogens with zero attached hydrogens (tertiary/aromatic N) is 1. The van der Waals surface area contributed by atoms with Gasteiger partial charge in [-0.25, -0.2) is 0 Å². The highest BCUT2D eigenvalue weighted by molar-refractivity contribution is 6.04. The standard InChI is InChI=1S/C27H23F6N2O2/c1-15-4-5-18(10-16(15)2)11-17(3)23(35-25(37)19-6-8-34-9-7-19)24(36)20-12-21(26(28,29)30)14-22(13-20)27(31,32)33/h4-10,12-14,17,23H,3,11H2,1-2H3,(H,35,37). The number of amides is 1. The molecule has 10 heteroatoms. The summed E-state index contributed by atoms with van der Waals surface area (Å²) in [5.41, 5.74) is -1.30. The molecule has 1 amide bonds. The molecule has 0 saturated carbocycles. The summed E-state index contributed by atoms with van der Waals surface area (Å²) in [6, 6.07) is 7.29. The van der Waals surface area contributed by atoms with Crippen LogP contribution in [0.4, 0.5) is 26.3 Å². The number of aromatic nitrogens is 1. The Morgan fingerprint density at radius 2 is 1.41 bits per heavy atom. The van der Waals surface area contributed by atoms with Crippen molar-refractivity contribution in [2.24, 2.45) is 5.92 Å². The second-order valence-electron chi connectivity index (χ2n) is 8.73. The van der Waals surface area contributed by atoms with E-state index in [9.17, 15) is 35.9 Å². The van der Waals surface area contributed by atoms with E-state index in [1.165, 1.54) is 24.5 Å². The first-order valence-electron chi connectivity index (χ1n) is 11.1. The number of rotatable bonds is 7. The predicted molar refractivity (Wildman–Crippen MR) is 125 cm³/mol. The lowest BCUT2D eigenvalue weighted by molar-refractivity contribution is -0.143. The van der Waals surface area contributed by atoms with Crippen LogP contribution in [0, 0.1) is 26.7 Å². The van der Waals surface area contributed by atoms with Gasteiger partial charge in [0, 0.05) is 23.5 Å². The van der Waals surface area contributed by atoms with E-state index in [2.05, 4.69) is 17.2 Å². The van der Waals surface area contributed by atoms with Gasteiger partial charge in [-0.3, -0.25) is 14.6 Å². The lowest BCUT2D eigenvalue weighted by Crippen LogP contribution is -2.46. The van der Waals surface area contributed by atoms with Gasteiger partial charge in [-0.2, -0.15) is 26.3 Å². The zero-order valence-electron chi connectivity index (χ0n) is 19.9. The van der Waals surface area contributed by atoms with Gasteiger partial charge in [0.15, 0.2) is 5.78 Å². The van der Waals surface area contributed by atoms with Gasteiger partial charge in [0.25, 0.3) is 5.91 Å². The Bertz CT molecular complexity index is 1250. The van der Waals surface area contributed by atoms with Gasteiger partial charge in [-0.05, 0) is 80.1 Å². The molecule has 1 aromatic heterocycles. The molecule has 4 nitrogen and oxygen atoms in total. The van der Waals surface area contributed by atoms with Gasteiger partial charge in [-0.15, -0.1) is 0 Å². The van der Waals surface area contributed by atoms with Crippen LogP contribution in [0.25, 0.3) is 0 Å². The molecule has 0 fully saturated rings. The Morgan fingerprint density at radius 3 is 1.92 bits per heavy atom. The number of alkyl halides is 6. The first-order chi connectivity index (χ1) is 17.2. The van der Waals surface area contributed by atoms with E-state index in [-0.39, 0.29) is 18.1 Å². The molecule has 3 aromatic rings. The van der Waals surface area contributed by atoms with Crippen LogP contribution in [0.2, 0.25) is 0 Å². The average Bonchev–Trinajstić information content (AvgIpc) is 2.83. The van der Waals surface area contributed by atoms with Crippen LogP contribution in [0.1, 0.15) is 48.5 Å². The Balaban J connectivity index is 2.04. The second kappa shape index (κ2) is 10.7. The Labute approximate surface area is 209 Å². The number of carbonyl (C=O) groups excluding carboxylic acids is 2. The summed E-state index contributed by atoms with van der Waals surface area (Å²) in [5.74, 6) is -2.80. The second-order valence-corrected chi connectivity index (χ2v) is 8.73. The van der Waals surface area contributed by atoms with Crippen LogP contribution in [-0.2, 0) is 18.8 Å². The quantitative estimate of drug-likeness (QED) is 0.289. The zero-order valence-corrected chi connectivity index (χ0v) is 19.9. The van der Waals surface area contributed by atoms with E-state index in [1.807, 2.05) is 26.0 Å². The van der Waals surface area contributed by atoms with Crippen molar-refractivity contribution < 1.29 is 35.9 Å². The summed E-state index contributed by atoms with van der Waals surface area (Å²) in [6.45, 7) is 7.69. The zero-order chi connectivity index (χ0) is 27.5. The molecule has 0 aliphatic heterocycles. The van der Waals surface area contributed by atoms with E-state index in [1.54, 1.807) is 6.07 Å². The van der Waals surface area contributed by atoms with Crippen molar-refractivity contribution in [2.75, 3.05) is 0 Å². The highest BCUT2D eigenvalue weighted by atomic mass is 19.4. The highest BCUT2D eigenvalue weighted by Gasteiger charge is 2.39. The summed E-state index contributed by atoms with van der Waals surface area (Å²) in [4.78, 5) is 30.0. The molecule has 1 heterocycles. The van der Waals surface area contributed by atoms with Crippen LogP contribution in [-0.4, -0.2) is 22.7 Å². The van der Waals surface area contributed by atoms with Gasteiger partial charge in [-0.1, -0.05) is 18.2 Å². The van der Waals surface area contributed by atoms with Crippen LogP contribution >= 0.6 is 0 Å². The fraction of sp³-hybridized carbons (Fsp3) is 0.259. The molecule has 37 heavy (non-hydrogen) atoms. The minimum absolute atomic E-state index is 0.0574. The maximum atomic E-state index is 13.4. The summed E-state index contributed by atoms with van der Waals surface area (Å²) in [7, 11) is 0. The monoisotopic (exact) mass is 521 g/mol. The smallest absolute Gasteiger partial charge is 0.342 e. The Hall–Kier alpha value is -3.69. The molecule has 0 aliphatic carbocycles. The van der Waals surface area contributed by atoms with E-state index in [0.717, 1.165) is 16.7 Å². The Morgan fingerprint density at radius 1 is 0.838 bits per heavy atom. The first-order valence-corrected chi connectivity index (χ1v) is 11.1. The fourth-order valence-electron chi connectivity index (χ4n) is 3.75.